The van der Waals surface area contributed by atoms with E-state index >= 15 is 0 Å². The molecule has 1 saturated carbocycles. The summed E-state index contributed by atoms with van der Waals surface area (Å²) in [5.74, 6) is 0.781. The first kappa shape index (κ1) is 14.3. The summed E-state index contributed by atoms with van der Waals surface area (Å²) in [6.45, 7) is 2.35. The lowest BCUT2D eigenvalue weighted by atomic mass is 9.95. The average Bonchev–Trinajstić information content (AvgIpc) is 2.91. The third kappa shape index (κ3) is 4.19. The normalized spacial score (nSPS) is 22.0. The smallest absolute Gasteiger partial charge is 0.0276 e. The molecule has 2 aliphatic rings. The Labute approximate surface area is 118 Å². The Morgan fingerprint density at radius 2 is 1.63 bits per heavy atom. The summed E-state index contributed by atoms with van der Waals surface area (Å²) in [4.78, 5) is 4.10. The second-order valence-corrected chi connectivity index (χ2v) is 5.84. The zero-order valence-electron chi connectivity index (χ0n) is 12.5. The third-order valence-corrected chi connectivity index (χ3v) is 4.42. The highest BCUT2D eigenvalue weighted by molar-refractivity contribution is 5.85. The monoisotopic (exact) mass is 257 g/mol. The van der Waals surface area contributed by atoms with Gasteiger partial charge >= 0.3 is 0 Å². The summed E-state index contributed by atoms with van der Waals surface area (Å²) in [7, 11) is 1.89. The Kier molecular flexibility index (Phi) is 5.62. The molecule has 0 radical (unpaired) electrons. The van der Waals surface area contributed by atoms with E-state index in [4.69, 9.17) is 0 Å². The number of fused-ring (bicyclic) bond motifs is 1. The number of benzene rings is 1. The van der Waals surface area contributed by atoms with Crippen molar-refractivity contribution < 1.29 is 0 Å². The van der Waals surface area contributed by atoms with Gasteiger partial charge in [0.2, 0.25) is 0 Å². The Bertz CT molecular complexity index is 411. The maximum absolute atomic E-state index is 4.10. The number of aryl methyl sites for hydroxylation is 1. The van der Waals surface area contributed by atoms with Crippen LogP contribution in [-0.2, 0) is 6.42 Å². The zero-order chi connectivity index (χ0) is 13.5. The fourth-order valence-corrected chi connectivity index (χ4v) is 3.17. The highest BCUT2D eigenvalue weighted by Gasteiger charge is 2.12. The van der Waals surface area contributed by atoms with E-state index in [1.54, 1.807) is 11.1 Å². The largest absolute Gasteiger partial charge is 0.297 e. The van der Waals surface area contributed by atoms with Crippen LogP contribution in [0.4, 0.5) is 0 Å². The molecule has 0 bridgehead atoms. The lowest BCUT2D eigenvalue weighted by Crippen LogP contribution is -1.94. The second-order valence-electron chi connectivity index (χ2n) is 5.84. The minimum Gasteiger partial charge on any atom is -0.297 e. The SMILES string of the molecule is CC1CCCCc2ccccc21.CN=C1CCCC1. The Balaban J connectivity index is 0.000000163. The molecule has 0 heterocycles. The molecule has 1 aromatic rings. The molecule has 0 amide bonds. The van der Waals surface area contributed by atoms with Crippen molar-refractivity contribution >= 4 is 5.71 Å². The number of hydrogen-bond donors (Lipinski definition) is 0. The van der Waals surface area contributed by atoms with Gasteiger partial charge in [-0.15, -0.1) is 0 Å². The number of aliphatic imine (C=N–C) groups is 1. The molecule has 1 atom stereocenters. The van der Waals surface area contributed by atoms with E-state index in [9.17, 15) is 0 Å². The van der Waals surface area contributed by atoms with Gasteiger partial charge in [-0.3, -0.25) is 4.99 Å². The Morgan fingerprint density at radius 1 is 0.947 bits per heavy atom. The molecule has 3 rings (SSSR count). The fourth-order valence-electron chi connectivity index (χ4n) is 3.17. The predicted octanol–water partition coefficient (Wildman–Crippen LogP) is 5.15. The van der Waals surface area contributed by atoms with Crippen molar-refractivity contribution in [3.05, 3.63) is 35.4 Å². The first-order valence-electron chi connectivity index (χ1n) is 7.83. The molecule has 19 heavy (non-hydrogen) atoms. The maximum Gasteiger partial charge on any atom is 0.0276 e. The van der Waals surface area contributed by atoms with E-state index in [1.165, 1.54) is 57.1 Å². The lowest BCUT2D eigenvalue weighted by molar-refractivity contribution is 0.635. The molecule has 1 aromatic carbocycles. The van der Waals surface area contributed by atoms with Crippen LogP contribution in [0.5, 0.6) is 0 Å². The van der Waals surface area contributed by atoms with Crippen LogP contribution in [0, 0.1) is 0 Å². The van der Waals surface area contributed by atoms with Crippen molar-refractivity contribution in [2.45, 2.75) is 64.2 Å². The van der Waals surface area contributed by atoms with Crippen molar-refractivity contribution in [1.29, 1.82) is 0 Å². The predicted molar refractivity (Wildman–Crippen MR) is 84.2 cm³/mol. The van der Waals surface area contributed by atoms with Crippen molar-refractivity contribution in [1.82, 2.24) is 0 Å². The van der Waals surface area contributed by atoms with Crippen molar-refractivity contribution in [2.24, 2.45) is 4.99 Å². The van der Waals surface area contributed by atoms with Gasteiger partial charge in [-0.2, -0.15) is 0 Å². The van der Waals surface area contributed by atoms with Gasteiger partial charge in [-0.25, -0.2) is 0 Å². The van der Waals surface area contributed by atoms with Crippen molar-refractivity contribution in [2.75, 3.05) is 7.05 Å². The molecular weight excluding hydrogens is 230 g/mol. The molecule has 1 unspecified atom stereocenters. The molecule has 1 fully saturated rings. The van der Waals surface area contributed by atoms with Crippen LogP contribution in [0.25, 0.3) is 0 Å². The highest BCUT2D eigenvalue weighted by Crippen LogP contribution is 2.29. The lowest BCUT2D eigenvalue weighted by Gasteiger charge is -2.11. The number of rotatable bonds is 0. The summed E-state index contributed by atoms with van der Waals surface area (Å²) in [6.07, 6.45) is 10.7. The molecule has 104 valence electrons. The summed E-state index contributed by atoms with van der Waals surface area (Å²) < 4.78 is 0. The van der Waals surface area contributed by atoms with E-state index in [2.05, 4.69) is 36.2 Å². The van der Waals surface area contributed by atoms with Crippen LogP contribution in [0.2, 0.25) is 0 Å². The van der Waals surface area contributed by atoms with E-state index in [0.29, 0.717) is 0 Å². The van der Waals surface area contributed by atoms with Gasteiger partial charge in [0.25, 0.3) is 0 Å². The molecular formula is C18H27N. The molecule has 0 aromatic heterocycles. The molecule has 2 aliphatic carbocycles. The highest BCUT2D eigenvalue weighted by atomic mass is 14.7. The minimum atomic E-state index is 0.781. The Morgan fingerprint density at radius 3 is 2.32 bits per heavy atom. The van der Waals surface area contributed by atoms with Gasteiger partial charge in [-0.05, 0) is 62.0 Å². The summed E-state index contributed by atoms with van der Waals surface area (Å²) in [5.41, 5.74) is 4.59. The van der Waals surface area contributed by atoms with E-state index in [-0.39, 0.29) is 0 Å². The van der Waals surface area contributed by atoms with E-state index in [1.807, 2.05) is 7.05 Å². The van der Waals surface area contributed by atoms with Crippen LogP contribution >= 0.6 is 0 Å². The van der Waals surface area contributed by atoms with Gasteiger partial charge < -0.3 is 0 Å². The van der Waals surface area contributed by atoms with Gasteiger partial charge in [0.05, 0.1) is 0 Å². The van der Waals surface area contributed by atoms with Gasteiger partial charge in [0, 0.05) is 12.8 Å². The van der Waals surface area contributed by atoms with Crippen LogP contribution < -0.4 is 0 Å². The van der Waals surface area contributed by atoms with Gasteiger partial charge in [0.15, 0.2) is 0 Å². The summed E-state index contributed by atoms with van der Waals surface area (Å²) in [6, 6.07) is 8.92. The fraction of sp³-hybridized carbons (Fsp3) is 0.611. The molecule has 0 aliphatic heterocycles. The molecule has 0 saturated heterocycles. The Hall–Kier alpha value is -1.11. The topological polar surface area (TPSA) is 12.4 Å². The molecule has 0 spiro atoms. The molecule has 1 heteroatoms. The van der Waals surface area contributed by atoms with E-state index < -0.39 is 0 Å². The van der Waals surface area contributed by atoms with Crippen LogP contribution in [-0.4, -0.2) is 12.8 Å². The first-order valence-corrected chi connectivity index (χ1v) is 7.83. The zero-order valence-corrected chi connectivity index (χ0v) is 12.5. The minimum absolute atomic E-state index is 0.781. The van der Waals surface area contributed by atoms with Crippen LogP contribution in [0.15, 0.2) is 29.3 Å². The maximum atomic E-state index is 4.10. The second kappa shape index (κ2) is 7.47. The van der Waals surface area contributed by atoms with Crippen molar-refractivity contribution in [3.63, 3.8) is 0 Å². The number of nitrogens with zero attached hydrogens (tertiary/aromatic N) is 1. The number of hydrogen-bond acceptors (Lipinski definition) is 1. The van der Waals surface area contributed by atoms with Gasteiger partial charge in [-0.1, -0.05) is 37.6 Å². The van der Waals surface area contributed by atoms with E-state index in [0.717, 1.165) is 5.92 Å². The standard InChI is InChI=1S/C12H16.C6H11N/c1-10-6-2-3-7-11-8-4-5-9-12(10)11;1-7-6-4-2-3-5-6/h4-5,8-10H,2-3,6-7H2,1H3;2-5H2,1H3. The summed E-state index contributed by atoms with van der Waals surface area (Å²) in [5, 5.41) is 0. The third-order valence-electron chi connectivity index (χ3n) is 4.42. The van der Waals surface area contributed by atoms with Crippen LogP contribution in [0.3, 0.4) is 0 Å². The van der Waals surface area contributed by atoms with Crippen LogP contribution in [0.1, 0.15) is 68.9 Å². The first-order chi connectivity index (χ1) is 9.31. The molecule has 0 N–H and O–H groups in total. The summed E-state index contributed by atoms with van der Waals surface area (Å²) >= 11 is 0. The molecule has 1 nitrogen and oxygen atoms in total. The van der Waals surface area contributed by atoms with Crippen molar-refractivity contribution in [3.8, 4) is 0 Å². The van der Waals surface area contributed by atoms with Gasteiger partial charge in [0.1, 0.15) is 0 Å². The quantitative estimate of drug-likeness (QED) is 0.570. The average molecular weight is 257 g/mol.